The minimum atomic E-state index is -0.0278. The van der Waals surface area contributed by atoms with E-state index in [-0.39, 0.29) is 5.91 Å². The quantitative estimate of drug-likeness (QED) is 0.484. The van der Waals surface area contributed by atoms with Crippen LogP contribution in [0.2, 0.25) is 5.02 Å². The summed E-state index contributed by atoms with van der Waals surface area (Å²) in [6.45, 7) is 3.97. The Hall–Kier alpha value is -2.31. The molecule has 1 aliphatic rings. The molecule has 0 radical (unpaired) electrons. The van der Waals surface area contributed by atoms with Crippen LogP contribution in [0.1, 0.15) is 47.5 Å². The van der Waals surface area contributed by atoms with Gasteiger partial charge >= 0.3 is 0 Å². The molecule has 4 rings (SSSR count). The number of carbonyl (C=O) groups excluding carboxylic acids is 1. The van der Waals surface area contributed by atoms with E-state index < -0.39 is 0 Å². The number of halogens is 1. The largest absolute Gasteiger partial charge is 0.493 e. The maximum atomic E-state index is 13.1. The van der Waals surface area contributed by atoms with Gasteiger partial charge in [0.05, 0.1) is 34.0 Å². The zero-order valence-corrected chi connectivity index (χ0v) is 18.8. The Morgan fingerprint density at radius 2 is 2.03 bits per heavy atom. The number of likely N-dealkylation sites (tertiary alicyclic amines) is 1. The number of methoxy groups -OCH3 is 1. The SMILES string of the molecule is CCCOc1c(Cl)cc(C(=O)N2CCC(c3nc4ccccc4s3)CC2)cc1OC. The van der Waals surface area contributed by atoms with Gasteiger partial charge in [0.1, 0.15) is 0 Å². The van der Waals surface area contributed by atoms with E-state index in [4.69, 9.17) is 26.1 Å². The van der Waals surface area contributed by atoms with Crippen molar-refractivity contribution >= 4 is 39.1 Å². The number of benzene rings is 2. The number of para-hydroxylation sites is 1. The van der Waals surface area contributed by atoms with Gasteiger partial charge in [-0.15, -0.1) is 11.3 Å². The number of fused-ring (bicyclic) bond motifs is 1. The van der Waals surface area contributed by atoms with E-state index in [9.17, 15) is 4.79 Å². The van der Waals surface area contributed by atoms with Crippen LogP contribution in [-0.4, -0.2) is 42.6 Å². The number of nitrogens with zero attached hydrogens (tertiary/aromatic N) is 2. The van der Waals surface area contributed by atoms with E-state index in [1.54, 1.807) is 30.6 Å². The van der Waals surface area contributed by atoms with E-state index in [0.29, 0.717) is 47.7 Å². The van der Waals surface area contributed by atoms with Crippen molar-refractivity contribution in [3.8, 4) is 11.5 Å². The second-order valence-corrected chi connectivity index (χ2v) is 8.89. The number of thiazole rings is 1. The molecule has 0 bridgehead atoms. The third-order valence-corrected chi connectivity index (χ3v) is 6.85. The van der Waals surface area contributed by atoms with Crippen LogP contribution in [0.25, 0.3) is 10.2 Å². The Kier molecular flexibility index (Phi) is 6.44. The summed E-state index contributed by atoms with van der Waals surface area (Å²) < 4.78 is 12.3. The van der Waals surface area contributed by atoms with Crippen molar-refractivity contribution in [1.82, 2.24) is 9.88 Å². The van der Waals surface area contributed by atoms with Crippen molar-refractivity contribution in [3.63, 3.8) is 0 Å². The Morgan fingerprint density at radius 3 is 2.73 bits per heavy atom. The number of hydrogen-bond donors (Lipinski definition) is 0. The van der Waals surface area contributed by atoms with E-state index >= 15 is 0 Å². The van der Waals surface area contributed by atoms with Crippen LogP contribution >= 0.6 is 22.9 Å². The first kappa shape index (κ1) is 20.9. The highest BCUT2D eigenvalue weighted by Crippen LogP contribution is 2.38. The molecule has 3 aromatic rings. The van der Waals surface area contributed by atoms with Crippen LogP contribution in [0.5, 0.6) is 11.5 Å². The lowest BCUT2D eigenvalue weighted by atomic mass is 9.97. The Balaban J connectivity index is 1.45. The topological polar surface area (TPSA) is 51.7 Å². The summed E-state index contributed by atoms with van der Waals surface area (Å²) in [7, 11) is 1.56. The van der Waals surface area contributed by atoms with Crippen molar-refractivity contribution in [1.29, 1.82) is 0 Å². The first-order valence-corrected chi connectivity index (χ1v) is 11.4. The lowest BCUT2D eigenvalue weighted by Crippen LogP contribution is -2.37. The van der Waals surface area contributed by atoms with Gasteiger partial charge in [0.25, 0.3) is 5.91 Å². The highest BCUT2D eigenvalue weighted by molar-refractivity contribution is 7.18. The predicted molar refractivity (Wildman–Crippen MR) is 121 cm³/mol. The molecule has 1 fully saturated rings. The molecule has 158 valence electrons. The van der Waals surface area contributed by atoms with Crippen LogP contribution in [0, 0.1) is 0 Å². The molecular formula is C23H25ClN2O3S. The molecule has 2 aromatic carbocycles. The molecule has 5 nitrogen and oxygen atoms in total. The minimum Gasteiger partial charge on any atom is -0.493 e. The lowest BCUT2D eigenvalue weighted by molar-refractivity contribution is 0.0712. The second-order valence-electron chi connectivity index (χ2n) is 7.42. The molecule has 1 amide bonds. The molecule has 0 spiro atoms. The van der Waals surface area contributed by atoms with Crippen molar-refractivity contribution in [2.75, 3.05) is 26.8 Å². The Bertz CT molecular complexity index is 1010. The van der Waals surface area contributed by atoms with Crippen molar-refractivity contribution < 1.29 is 14.3 Å². The molecule has 2 heterocycles. The first-order chi connectivity index (χ1) is 14.6. The maximum absolute atomic E-state index is 13.1. The van der Waals surface area contributed by atoms with Gasteiger partial charge in [0.2, 0.25) is 0 Å². The molecule has 30 heavy (non-hydrogen) atoms. The fraction of sp³-hybridized carbons (Fsp3) is 0.391. The number of carbonyl (C=O) groups is 1. The van der Waals surface area contributed by atoms with Crippen molar-refractivity contribution in [3.05, 3.63) is 52.0 Å². The second kappa shape index (κ2) is 9.23. The standard InChI is InChI=1S/C23H25ClN2O3S/c1-3-12-29-21-17(24)13-16(14-19(21)28-2)23(27)26-10-8-15(9-11-26)22-25-18-6-4-5-7-20(18)30-22/h4-7,13-15H,3,8-12H2,1-2H3. The number of aromatic nitrogens is 1. The molecule has 0 unspecified atom stereocenters. The van der Waals surface area contributed by atoms with Crippen LogP contribution in [0.3, 0.4) is 0 Å². The van der Waals surface area contributed by atoms with Crippen LogP contribution in [0.15, 0.2) is 36.4 Å². The molecule has 7 heteroatoms. The first-order valence-electron chi connectivity index (χ1n) is 10.3. The van der Waals surface area contributed by atoms with Crippen molar-refractivity contribution in [2.24, 2.45) is 0 Å². The monoisotopic (exact) mass is 444 g/mol. The summed E-state index contributed by atoms with van der Waals surface area (Å²) in [4.78, 5) is 19.8. The molecule has 0 aliphatic carbocycles. The molecular weight excluding hydrogens is 420 g/mol. The predicted octanol–water partition coefficient (Wildman–Crippen LogP) is 5.77. The summed E-state index contributed by atoms with van der Waals surface area (Å²) >= 11 is 8.15. The minimum absolute atomic E-state index is 0.0278. The van der Waals surface area contributed by atoms with E-state index in [2.05, 4.69) is 12.1 Å². The van der Waals surface area contributed by atoms with Gasteiger partial charge in [-0.05, 0) is 43.5 Å². The Labute approximate surface area is 185 Å². The number of amides is 1. The number of hydrogen-bond acceptors (Lipinski definition) is 5. The zero-order valence-electron chi connectivity index (χ0n) is 17.2. The van der Waals surface area contributed by atoms with Crippen LogP contribution in [0.4, 0.5) is 0 Å². The highest BCUT2D eigenvalue weighted by Gasteiger charge is 2.27. The third-order valence-electron chi connectivity index (χ3n) is 5.37. The van der Waals surface area contributed by atoms with Gasteiger partial charge in [-0.3, -0.25) is 4.79 Å². The smallest absolute Gasteiger partial charge is 0.254 e. The zero-order chi connectivity index (χ0) is 21.1. The fourth-order valence-corrected chi connectivity index (χ4v) is 5.17. The number of piperidine rings is 1. The third kappa shape index (κ3) is 4.25. The van der Waals surface area contributed by atoms with Crippen molar-refractivity contribution in [2.45, 2.75) is 32.1 Å². The van der Waals surface area contributed by atoms with Gasteiger partial charge < -0.3 is 14.4 Å². The average Bonchev–Trinajstić information content (AvgIpc) is 3.21. The van der Waals surface area contributed by atoms with E-state index in [1.807, 2.05) is 24.0 Å². The maximum Gasteiger partial charge on any atom is 0.254 e. The number of rotatable bonds is 6. The average molecular weight is 445 g/mol. The van der Waals surface area contributed by atoms with Gasteiger partial charge in [-0.2, -0.15) is 0 Å². The summed E-state index contributed by atoms with van der Waals surface area (Å²) in [6.07, 6.45) is 2.69. The normalized spacial score (nSPS) is 14.8. The molecule has 1 saturated heterocycles. The van der Waals surface area contributed by atoms with Gasteiger partial charge in [0, 0.05) is 24.6 Å². The molecule has 1 aromatic heterocycles. The van der Waals surface area contributed by atoms with E-state index in [1.165, 1.54) is 9.71 Å². The number of ether oxygens (including phenoxy) is 2. The highest BCUT2D eigenvalue weighted by atomic mass is 35.5. The molecule has 0 N–H and O–H groups in total. The lowest BCUT2D eigenvalue weighted by Gasteiger charge is -2.31. The van der Waals surface area contributed by atoms with E-state index in [0.717, 1.165) is 24.8 Å². The fourth-order valence-electron chi connectivity index (χ4n) is 3.76. The molecule has 0 atom stereocenters. The summed E-state index contributed by atoms with van der Waals surface area (Å²) in [5, 5.41) is 1.57. The van der Waals surface area contributed by atoms with Gasteiger partial charge in [0.15, 0.2) is 11.5 Å². The molecule has 1 aliphatic heterocycles. The molecule has 0 saturated carbocycles. The van der Waals surface area contributed by atoms with Crippen LogP contribution < -0.4 is 9.47 Å². The summed E-state index contributed by atoms with van der Waals surface area (Å²) in [6, 6.07) is 11.6. The Morgan fingerprint density at radius 1 is 1.27 bits per heavy atom. The summed E-state index contributed by atoms with van der Waals surface area (Å²) in [5.41, 5.74) is 1.59. The van der Waals surface area contributed by atoms with Gasteiger partial charge in [-0.25, -0.2) is 4.98 Å². The van der Waals surface area contributed by atoms with Crippen LogP contribution in [-0.2, 0) is 0 Å². The summed E-state index contributed by atoms with van der Waals surface area (Å²) in [5.74, 6) is 1.35. The van der Waals surface area contributed by atoms with Gasteiger partial charge in [-0.1, -0.05) is 30.7 Å².